The molecule has 0 aliphatic carbocycles. The Hall–Kier alpha value is -1.52. The third-order valence-electron chi connectivity index (χ3n) is 2.95. The molecule has 1 aliphatic rings. The molecular formula is C13H21N3O2. The number of aromatic nitrogens is 2. The molecule has 2 rings (SSSR count). The van der Waals surface area contributed by atoms with Gasteiger partial charge in [0.25, 0.3) is 0 Å². The first kappa shape index (κ1) is 12.9. The molecule has 18 heavy (non-hydrogen) atoms. The van der Waals surface area contributed by atoms with E-state index in [0.717, 1.165) is 19.4 Å². The molecule has 5 nitrogen and oxygen atoms in total. The predicted octanol–water partition coefficient (Wildman–Crippen LogP) is 2.46. The van der Waals surface area contributed by atoms with Gasteiger partial charge in [0.2, 0.25) is 0 Å². The number of hydrogen-bond acceptors (Lipinski definition) is 3. The molecule has 0 spiro atoms. The normalized spacial score (nSPS) is 20.8. The van der Waals surface area contributed by atoms with Crippen LogP contribution >= 0.6 is 0 Å². The number of carbonyl (C=O) groups is 1. The molecule has 100 valence electrons. The minimum absolute atomic E-state index is 0.223. The lowest BCUT2D eigenvalue weighted by molar-refractivity contribution is 0.0167. The second-order valence-corrected chi connectivity index (χ2v) is 5.71. The molecule has 0 unspecified atom stereocenters. The smallest absolute Gasteiger partial charge is 0.410 e. The molecule has 1 aliphatic heterocycles. The molecule has 1 aromatic rings. The summed E-state index contributed by atoms with van der Waals surface area (Å²) in [6.07, 6.45) is 5.54. The van der Waals surface area contributed by atoms with Crippen LogP contribution < -0.4 is 0 Å². The van der Waals surface area contributed by atoms with Crippen molar-refractivity contribution in [2.75, 3.05) is 13.1 Å². The standard InChI is InChI=1S/C13H21N3O2/c1-13(2,3)18-12(17)15-8-4-6-11(10-15)16-9-5-7-14-16/h5,7,9,11H,4,6,8,10H2,1-3H3/t11-/m1/s1. The Balaban J connectivity index is 1.96. The Kier molecular flexibility index (Phi) is 3.59. The summed E-state index contributed by atoms with van der Waals surface area (Å²) in [5.74, 6) is 0. The number of ether oxygens (including phenoxy) is 1. The van der Waals surface area contributed by atoms with Crippen LogP contribution in [0.2, 0.25) is 0 Å². The number of carbonyl (C=O) groups excluding carboxylic acids is 1. The fourth-order valence-corrected chi connectivity index (χ4v) is 2.16. The largest absolute Gasteiger partial charge is 0.444 e. The lowest BCUT2D eigenvalue weighted by atomic mass is 10.1. The fourth-order valence-electron chi connectivity index (χ4n) is 2.16. The number of amides is 1. The monoisotopic (exact) mass is 251 g/mol. The molecule has 1 fully saturated rings. The van der Waals surface area contributed by atoms with Crippen LogP contribution in [0.5, 0.6) is 0 Å². The van der Waals surface area contributed by atoms with Crippen molar-refractivity contribution in [1.29, 1.82) is 0 Å². The van der Waals surface area contributed by atoms with Gasteiger partial charge >= 0.3 is 6.09 Å². The fraction of sp³-hybridized carbons (Fsp3) is 0.692. The maximum atomic E-state index is 12.0. The third-order valence-corrected chi connectivity index (χ3v) is 2.95. The van der Waals surface area contributed by atoms with E-state index in [4.69, 9.17) is 4.74 Å². The Labute approximate surface area is 108 Å². The second-order valence-electron chi connectivity index (χ2n) is 5.71. The molecule has 1 amide bonds. The molecule has 0 saturated carbocycles. The van der Waals surface area contributed by atoms with Gasteiger partial charge in [0, 0.05) is 25.5 Å². The Morgan fingerprint density at radius 3 is 2.83 bits per heavy atom. The van der Waals surface area contributed by atoms with Gasteiger partial charge in [0.05, 0.1) is 6.04 Å². The highest BCUT2D eigenvalue weighted by molar-refractivity contribution is 5.68. The summed E-state index contributed by atoms with van der Waals surface area (Å²) in [5, 5.41) is 4.25. The van der Waals surface area contributed by atoms with E-state index >= 15 is 0 Å². The quantitative estimate of drug-likeness (QED) is 0.770. The zero-order chi connectivity index (χ0) is 13.2. The Morgan fingerprint density at radius 1 is 1.44 bits per heavy atom. The van der Waals surface area contributed by atoms with Crippen molar-refractivity contribution >= 4 is 6.09 Å². The van der Waals surface area contributed by atoms with Gasteiger partial charge in [-0.15, -0.1) is 0 Å². The maximum absolute atomic E-state index is 12.0. The van der Waals surface area contributed by atoms with E-state index in [1.54, 1.807) is 11.1 Å². The SMILES string of the molecule is CC(C)(C)OC(=O)N1CCC[C@@H](n2cccn2)C1. The summed E-state index contributed by atoms with van der Waals surface area (Å²) in [6, 6.07) is 2.17. The zero-order valence-corrected chi connectivity index (χ0v) is 11.3. The molecule has 0 N–H and O–H groups in total. The summed E-state index contributed by atoms with van der Waals surface area (Å²) >= 11 is 0. The summed E-state index contributed by atoms with van der Waals surface area (Å²) in [4.78, 5) is 13.8. The van der Waals surface area contributed by atoms with Crippen LogP contribution in [-0.4, -0.2) is 39.5 Å². The van der Waals surface area contributed by atoms with Gasteiger partial charge in [-0.1, -0.05) is 0 Å². The number of nitrogens with zero attached hydrogens (tertiary/aromatic N) is 3. The van der Waals surface area contributed by atoms with Crippen molar-refractivity contribution in [1.82, 2.24) is 14.7 Å². The molecular weight excluding hydrogens is 230 g/mol. The van der Waals surface area contributed by atoms with Gasteiger partial charge in [-0.3, -0.25) is 4.68 Å². The van der Waals surface area contributed by atoms with Crippen LogP contribution in [0.4, 0.5) is 4.79 Å². The van der Waals surface area contributed by atoms with E-state index < -0.39 is 5.60 Å². The van der Waals surface area contributed by atoms with Crippen LogP contribution in [0, 0.1) is 0 Å². The van der Waals surface area contributed by atoms with E-state index in [9.17, 15) is 4.79 Å². The van der Waals surface area contributed by atoms with Crippen molar-refractivity contribution in [2.24, 2.45) is 0 Å². The predicted molar refractivity (Wildman–Crippen MR) is 68.3 cm³/mol. The van der Waals surface area contributed by atoms with Gasteiger partial charge in [-0.05, 0) is 39.7 Å². The maximum Gasteiger partial charge on any atom is 0.410 e. The minimum Gasteiger partial charge on any atom is -0.444 e. The summed E-state index contributed by atoms with van der Waals surface area (Å²) < 4.78 is 7.33. The summed E-state index contributed by atoms with van der Waals surface area (Å²) in [7, 11) is 0. The van der Waals surface area contributed by atoms with Crippen LogP contribution in [-0.2, 0) is 4.74 Å². The average Bonchev–Trinajstić information content (AvgIpc) is 2.80. The third kappa shape index (κ3) is 3.24. The summed E-state index contributed by atoms with van der Waals surface area (Å²) in [5.41, 5.74) is -0.435. The average molecular weight is 251 g/mol. The second kappa shape index (κ2) is 5.00. The van der Waals surface area contributed by atoms with E-state index in [2.05, 4.69) is 5.10 Å². The molecule has 0 aromatic carbocycles. The minimum atomic E-state index is -0.435. The first-order valence-electron chi connectivity index (χ1n) is 6.43. The number of likely N-dealkylation sites (tertiary alicyclic amines) is 1. The molecule has 0 radical (unpaired) electrons. The summed E-state index contributed by atoms with van der Waals surface area (Å²) in [6.45, 7) is 7.11. The van der Waals surface area contributed by atoms with Gasteiger partial charge < -0.3 is 9.64 Å². The molecule has 1 aromatic heterocycles. The number of rotatable bonds is 1. The van der Waals surface area contributed by atoms with E-state index in [-0.39, 0.29) is 12.1 Å². The first-order valence-corrected chi connectivity index (χ1v) is 6.43. The number of piperidine rings is 1. The lowest BCUT2D eigenvalue weighted by Crippen LogP contribution is -2.43. The van der Waals surface area contributed by atoms with Crippen molar-refractivity contribution in [3.05, 3.63) is 18.5 Å². The first-order chi connectivity index (χ1) is 8.46. The molecule has 2 heterocycles. The highest BCUT2D eigenvalue weighted by Crippen LogP contribution is 2.22. The van der Waals surface area contributed by atoms with Crippen molar-refractivity contribution in [2.45, 2.75) is 45.3 Å². The molecule has 1 atom stereocenters. The van der Waals surface area contributed by atoms with Crippen LogP contribution in [0.15, 0.2) is 18.5 Å². The van der Waals surface area contributed by atoms with Crippen molar-refractivity contribution < 1.29 is 9.53 Å². The van der Waals surface area contributed by atoms with Crippen molar-refractivity contribution in [3.8, 4) is 0 Å². The topological polar surface area (TPSA) is 47.4 Å². The highest BCUT2D eigenvalue weighted by Gasteiger charge is 2.28. The van der Waals surface area contributed by atoms with Gasteiger partial charge in [0.1, 0.15) is 5.60 Å². The zero-order valence-electron chi connectivity index (χ0n) is 11.3. The van der Waals surface area contributed by atoms with Gasteiger partial charge in [-0.25, -0.2) is 4.79 Å². The molecule has 1 saturated heterocycles. The molecule has 0 bridgehead atoms. The Bertz CT molecular complexity index is 395. The van der Waals surface area contributed by atoms with E-state index in [0.29, 0.717) is 6.54 Å². The number of hydrogen-bond donors (Lipinski definition) is 0. The Morgan fingerprint density at radius 2 is 2.22 bits per heavy atom. The van der Waals surface area contributed by atoms with Crippen molar-refractivity contribution in [3.63, 3.8) is 0 Å². The van der Waals surface area contributed by atoms with E-state index in [1.165, 1.54) is 0 Å². The molecule has 5 heteroatoms. The van der Waals surface area contributed by atoms with E-state index in [1.807, 2.05) is 37.7 Å². The van der Waals surface area contributed by atoms with Crippen LogP contribution in [0.3, 0.4) is 0 Å². The van der Waals surface area contributed by atoms with Gasteiger partial charge in [-0.2, -0.15) is 5.10 Å². The van der Waals surface area contributed by atoms with Gasteiger partial charge in [0.15, 0.2) is 0 Å². The highest BCUT2D eigenvalue weighted by atomic mass is 16.6. The van der Waals surface area contributed by atoms with Crippen LogP contribution in [0.1, 0.15) is 39.7 Å². The lowest BCUT2D eigenvalue weighted by Gasteiger charge is -2.34. The van der Waals surface area contributed by atoms with Crippen LogP contribution in [0.25, 0.3) is 0 Å².